The molecule has 1 N–H and O–H groups in total. The molecule has 0 aromatic heterocycles. The first-order chi connectivity index (χ1) is 6.74. The van der Waals surface area contributed by atoms with Crippen molar-refractivity contribution in [3.63, 3.8) is 0 Å². The van der Waals surface area contributed by atoms with Gasteiger partial charge in [-0.05, 0) is 6.42 Å². The average molecular weight is 233 g/mol. The maximum absolute atomic E-state index is 11.2. The Morgan fingerprint density at radius 1 is 1.71 bits per heavy atom. The number of carbonyl (C=O) groups excluding carboxylic acids is 3. The molecule has 14 heavy (non-hydrogen) atoms. The zero-order valence-corrected chi connectivity index (χ0v) is 9.16. The van der Waals surface area contributed by atoms with Crippen molar-refractivity contribution in [2.45, 2.75) is 12.5 Å². The molecular formula is C8H11NO3S2. The highest BCUT2D eigenvalue weighted by Crippen LogP contribution is 2.19. The summed E-state index contributed by atoms with van der Waals surface area (Å²) in [5.41, 5.74) is 0. The van der Waals surface area contributed by atoms with E-state index in [9.17, 15) is 14.4 Å². The number of thioether (sulfide) groups is 2. The average Bonchev–Trinajstić information content (AvgIpc) is 2.52. The Labute approximate surface area is 90.6 Å². The molecule has 1 aliphatic rings. The van der Waals surface area contributed by atoms with Crippen LogP contribution in [0.4, 0.5) is 0 Å². The van der Waals surface area contributed by atoms with Crippen molar-refractivity contribution in [2.24, 2.45) is 0 Å². The normalized spacial score (nSPS) is 20.9. The minimum absolute atomic E-state index is 0.0405. The van der Waals surface area contributed by atoms with Gasteiger partial charge in [0.25, 0.3) is 0 Å². The summed E-state index contributed by atoms with van der Waals surface area (Å²) in [6.07, 6.45) is 1.47. The van der Waals surface area contributed by atoms with Crippen LogP contribution < -0.4 is 5.32 Å². The lowest BCUT2D eigenvalue weighted by Gasteiger charge is -2.08. The lowest BCUT2D eigenvalue weighted by atomic mass is 10.2. The van der Waals surface area contributed by atoms with E-state index in [-0.39, 0.29) is 22.8 Å². The van der Waals surface area contributed by atoms with E-state index in [0.717, 1.165) is 12.0 Å². The Morgan fingerprint density at radius 2 is 2.50 bits per heavy atom. The summed E-state index contributed by atoms with van der Waals surface area (Å²) in [5, 5.41) is 2.68. The lowest BCUT2D eigenvalue weighted by Crippen LogP contribution is -2.38. The second-order valence-electron chi connectivity index (χ2n) is 2.76. The van der Waals surface area contributed by atoms with E-state index >= 15 is 0 Å². The molecule has 0 aromatic carbocycles. The predicted octanol–water partition coefficient (Wildman–Crippen LogP) is 0.0668. The van der Waals surface area contributed by atoms with Crippen LogP contribution in [0.1, 0.15) is 6.42 Å². The van der Waals surface area contributed by atoms with Crippen molar-refractivity contribution >= 4 is 40.8 Å². The summed E-state index contributed by atoms with van der Waals surface area (Å²) in [7, 11) is 0. The van der Waals surface area contributed by atoms with Gasteiger partial charge in [-0.1, -0.05) is 11.8 Å². The number of rotatable bonds is 5. The molecule has 1 atom stereocenters. The van der Waals surface area contributed by atoms with Crippen molar-refractivity contribution < 1.29 is 14.4 Å². The van der Waals surface area contributed by atoms with Crippen LogP contribution in [0.5, 0.6) is 0 Å². The van der Waals surface area contributed by atoms with Crippen LogP contribution in [-0.4, -0.2) is 40.6 Å². The molecular weight excluding hydrogens is 222 g/mol. The van der Waals surface area contributed by atoms with Crippen molar-refractivity contribution in [3.8, 4) is 0 Å². The first-order valence-electron chi connectivity index (χ1n) is 4.21. The number of hydrogen-bond donors (Lipinski definition) is 1. The highest BCUT2D eigenvalue weighted by Gasteiger charge is 2.26. The minimum atomic E-state index is -0.315. The molecule has 1 saturated heterocycles. The van der Waals surface area contributed by atoms with Crippen LogP contribution in [0.15, 0.2) is 0 Å². The molecule has 1 unspecified atom stereocenters. The molecule has 1 heterocycles. The quantitative estimate of drug-likeness (QED) is 0.537. The smallest absolute Gasteiger partial charge is 0.230 e. The van der Waals surface area contributed by atoms with Gasteiger partial charge < -0.3 is 10.1 Å². The van der Waals surface area contributed by atoms with E-state index in [1.807, 2.05) is 0 Å². The first-order valence-corrected chi connectivity index (χ1v) is 6.35. The van der Waals surface area contributed by atoms with Gasteiger partial charge in [0.05, 0.1) is 11.8 Å². The molecule has 1 fully saturated rings. The zero-order chi connectivity index (χ0) is 10.4. The van der Waals surface area contributed by atoms with Crippen LogP contribution in [0.2, 0.25) is 0 Å². The fourth-order valence-electron chi connectivity index (χ4n) is 1.06. The number of hydrogen-bond acceptors (Lipinski definition) is 5. The SMILES string of the molecule is O=CCSCC(=O)NC1CCSC1=O. The van der Waals surface area contributed by atoms with Gasteiger partial charge in [0, 0.05) is 11.5 Å². The van der Waals surface area contributed by atoms with Gasteiger partial charge in [0.1, 0.15) is 6.29 Å². The van der Waals surface area contributed by atoms with Crippen LogP contribution in [0, 0.1) is 0 Å². The molecule has 0 spiro atoms. The Bertz CT molecular complexity index is 245. The van der Waals surface area contributed by atoms with Crippen molar-refractivity contribution in [1.29, 1.82) is 0 Å². The third-order valence-electron chi connectivity index (χ3n) is 1.69. The summed E-state index contributed by atoms with van der Waals surface area (Å²) < 4.78 is 0. The number of nitrogens with one attached hydrogen (secondary N) is 1. The van der Waals surface area contributed by atoms with E-state index in [1.165, 1.54) is 23.5 Å². The molecule has 0 radical (unpaired) electrons. The fourth-order valence-corrected chi connectivity index (χ4v) is 2.48. The van der Waals surface area contributed by atoms with Crippen LogP contribution in [-0.2, 0) is 14.4 Å². The zero-order valence-electron chi connectivity index (χ0n) is 7.52. The molecule has 0 bridgehead atoms. The molecule has 1 rings (SSSR count). The van der Waals surface area contributed by atoms with Gasteiger partial charge in [-0.3, -0.25) is 9.59 Å². The molecule has 0 aliphatic carbocycles. The Hall–Kier alpha value is -0.490. The number of aldehydes is 1. The third kappa shape index (κ3) is 3.71. The summed E-state index contributed by atoms with van der Waals surface area (Å²) in [6, 6.07) is -0.315. The van der Waals surface area contributed by atoms with Crippen molar-refractivity contribution in [2.75, 3.05) is 17.3 Å². The van der Waals surface area contributed by atoms with E-state index in [0.29, 0.717) is 12.2 Å². The Kier molecular flexibility index (Phi) is 5.03. The van der Waals surface area contributed by atoms with Gasteiger partial charge in [0.2, 0.25) is 11.0 Å². The monoisotopic (exact) mass is 233 g/mol. The highest BCUT2D eigenvalue weighted by atomic mass is 32.2. The van der Waals surface area contributed by atoms with Crippen molar-refractivity contribution in [3.05, 3.63) is 0 Å². The van der Waals surface area contributed by atoms with E-state index in [1.54, 1.807) is 0 Å². The van der Waals surface area contributed by atoms with E-state index in [4.69, 9.17) is 0 Å². The van der Waals surface area contributed by atoms with Gasteiger partial charge in [-0.2, -0.15) is 0 Å². The van der Waals surface area contributed by atoms with Gasteiger partial charge >= 0.3 is 0 Å². The van der Waals surface area contributed by atoms with Crippen LogP contribution in [0.25, 0.3) is 0 Å². The second-order valence-corrected chi connectivity index (χ2v) is 4.89. The van der Waals surface area contributed by atoms with Crippen molar-refractivity contribution in [1.82, 2.24) is 5.32 Å². The minimum Gasteiger partial charge on any atom is -0.345 e. The maximum Gasteiger partial charge on any atom is 0.230 e. The molecule has 78 valence electrons. The Balaban J connectivity index is 2.19. The van der Waals surface area contributed by atoms with Gasteiger partial charge in [-0.15, -0.1) is 11.8 Å². The number of carbonyl (C=O) groups is 3. The topological polar surface area (TPSA) is 63.2 Å². The molecule has 4 nitrogen and oxygen atoms in total. The third-order valence-corrected chi connectivity index (χ3v) is 3.54. The van der Waals surface area contributed by atoms with E-state index < -0.39 is 0 Å². The first kappa shape index (κ1) is 11.6. The molecule has 1 amide bonds. The Morgan fingerprint density at radius 3 is 3.07 bits per heavy atom. The molecule has 6 heteroatoms. The molecule has 1 aliphatic heterocycles. The summed E-state index contributed by atoms with van der Waals surface area (Å²) in [4.78, 5) is 32.3. The molecule has 0 aromatic rings. The maximum atomic E-state index is 11.2. The van der Waals surface area contributed by atoms with Gasteiger partial charge in [-0.25, -0.2) is 0 Å². The lowest BCUT2D eigenvalue weighted by molar-refractivity contribution is -0.122. The fraction of sp³-hybridized carbons (Fsp3) is 0.625. The standard InChI is InChI=1S/C8H11NO3S2/c10-2-4-13-5-7(11)9-6-1-3-14-8(6)12/h2,6H,1,3-5H2,(H,9,11). The predicted molar refractivity (Wildman–Crippen MR) is 57.4 cm³/mol. The number of amides is 1. The molecule has 0 saturated carbocycles. The van der Waals surface area contributed by atoms with Gasteiger partial charge in [0.15, 0.2) is 0 Å². The van der Waals surface area contributed by atoms with Crippen LogP contribution in [0.3, 0.4) is 0 Å². The van der Waals surface area contributed by atoms with Crippen LogP contribution >= 0.6 is 23.5 Å². The highest BCUT2D eigenvalue weighted by molar-refractivity contribution is 8.14. The summed E-state index contributed by atoms with van der Waals surface area (Å²) in [6.45, 7) is 0. The largest absolute Gasteiger partial charge is 0.345 e. The second kappa shape index (κ2) is 6.08. The van der Waals surface area contributed by atoms with E-state index in [2.05, 4.69) is 5.32 Å². The summed E-state index contributed by atoms with van der Waals surface area (Å²) >= 11 is 2.51. The summed E-state index contributed by atoms with van der Waals surface area (Å²) in [5.74, 6) is 1.18.